The zero-order valence-corrected chi connectivity index (χ0v) is 8.64. The predicted octanol–water partition coefficient (Wildman–Crippen LogP) is 2.73. The molecule has 0 saturated carbocycles. The fraction of sp³-hybridized carbons (Fsp3) is 0. The van der Waals surface area contributed by atoms with E-state index in [4.69, 9.17) is 11.6 Å². The summed E-state index contributed by atoms with van der Waals surface area (Å²) in [5.74, 6) is 0. The fourth-order valence-corrected chi connectivity index (χ4v) is 2.12. The molecule has 2 aromatic carbocycles. The van der Waals surface area contributed by atoms with E-state index < -0.39 is 11.1 Å². The summed E-state index contributed by atoms with van der Waals surface area (Å²) in [7, 11) is 0. The van der Waals surface area contributed by atoms with Crippen molar-refractivity contribution in [2.24, 2.45) is 0 Å². The summed E-state index contributed by atoms with van der Waals surface area (Å²) in [5, 5.41) is 2.07. The van der Waals surface area contributed by atoms with Gasteiger partial charge in [0.05, 0.1) is 5.02 Å². The van der Waals surface area contributed by atoms with Crippen molar-refractivity contribution in [2.45, 2.75) is 4.90 Å². The van der Waals surface area contributed by atoms with Gasteiger partial charge in [0.1, 0.15) is 0 Å². The van der Waals surface area contributed by atoms with E-state index in [1.54, 1.807) is 12.1 Å². The van der Waals surface area contributed by atoms with Gasteiger partial charge in [-0.3, -0.25) is 4.21 Å². The minimum atomic E-state index is -2.28. The summed E-state index contributed by atoms with van der Waals surface area (Å²) in [6, 6.07) is 10.7. The summed E-state index contributed by atoms with van der Waals surface area (Å²) in [4.78, 5) is 0.144. The van der Waals surface area contributed by atoms with E-state index in [1.807, 2.05) is 24.3 Å². The highest BCUT2D eigenvalue weighted by atomic mass is 35.5. The minimum Gasteiger partial charge on any atom is -0.768 e. The molecule has 0 aromatic heterocycles. The molecule has 2 aromatic rings. The van der Waals surface area contributed by atoms with Gasteiger partial charge in [-0.2, -0.15) is 0 Å². The largest absolute Gasteiger partial charge is 0.768 e. The Morgan fingerprint density at radius 1 is 1.14 bits per heavy atom. The molecule has 1 atom stereocenters. The molecule has 2 rings (SSSR count). The Morgan fingerprint density at radius 3 is 2.29 bits per heavy atom. The number of rotatable bonds is 1. The van der Waals surface area contributed by atoms with Crippen molar-refractivity contribution in [1.29, 1.82) is 0 Å². The Bertz CT molecular complexity index is 510. The number of hydrogen-bond acceptors (Lipinski definition) is 2. The highest BCUT2D eigenvalue weighted by molar-refractivity contribution is 7.79. The number of halogens is 1. The molecule has 1 unspecified atom stereocenters. The first-order valence-corrected chi connectivity index (χ1v) is 5.41. The van der Waals surface area contributed by atoms with Crippen molar-refractivity contribution in [2.75, 3.05) is 0 Å². The number of fused-ring (bicyclic) bond motifs is 1. The summed E-state index contributed by atoms with van der Waals surface area (Å²) < 4.78 is 21.6. The van der Waals surface area contributed by atoms with Crippen molar-refractivity contribution in [3.8, 4) is 0 Å². The lowest BCUT2D eigenvalue weighted by Gasteiger charge is -2.08. The van der Waals surface area contributed by atoms with Gasteiger partial charge in [-0.15, -0.1) is 0 Å². The molecule has 0 amide bonds. The maximum Gasteiger partial charge on any atom is 0.0562 e. The van der Waals surface area contributed by atoms with E-state index >= 15 is 0 Å². The molecule has 0 bridgehead atoms. The van der Waals surface area contributed by atoms with Crippen LogP contribution >= 0.6 is 11.6 Å². The maximum absolute atomic E-state index is 10.8. The van der Waals surface area contributed by atoms with E-state index in [1.165, 1.54) is 0 Å². The second-order valence-corrected chi connectivity index (χ2v) is 4.18. The lowest BCUT2D eigenvalue weighted by atomic mass is 10.1. The molecule has 0 saturated heterocycles. The zero-order chi connectivity index (χ0) is 10.1. The lowest BCUT2D eigenvalue weighted by Crippen LogP contribution is -1.90. The third-order valence-corrected chi connectivity index (χ3v) is 3.10. The molecule has 14 heavy (non-hydrogen) atoms. The van der Waals surface area contributed by atoms with Gasteiger partial charge in [0, 0.05) is 4.90 Å². The van der Waals surface area contributed by atoms with Crippen molar-refractivity contribution in [3.63, 3.8) is 0 Å². The highest BCUT2D eigenvalue weighted by Crippen LogP contribution is 2.25. The fourth-order valence-electron chi connectivity index (χ4n) is 1.32. The summed E-state index contributed by atoms with van der Waals surface area (Å²) in [5.41, 5.74) is 0. The van der Waals surface area contributed by atoms with Crippen LogP contribution in [0.2, 0.25) is 5.02 Å². The maximum atomic E-state index is 10.8. The van der Waals surface area contributed by atoms with Crippen LogP contribution in [0.15, 0.2) is 41.3 Å². The van der Waals surface area contributed by atoms with Crippen LogP contribution in [0.1, 0.15) is 0 Å². The van der Waals surface area contributed by atoms with E-state index in [2.05, 4.69) is 0 Å². The first-order valence-electron chi connectivity index (χ1n) is 3.96. The molecule has 0 radical (unpaired) electrons. The molecule has 0 heterocycles. The Balaban J connectivity index is 2.77. The highest BCUT2D eigenvalue weighted by Gasteiger charge is 2.02. The Morgan fingerprint density at radius 2 is 1.71 bits per heavy atom. The minimum absolute atomic E-state index is 0.144. The van der Waals surface area contributed by atoms with Crippen LogP contribution < -0.4 is 0 Å². The van der Waals surface area contributed by atoms with E-state index in [0.29, 0.717) is 0 Å². The van der Waals surface area contributed by atoms with Gasteiger partial charge >= 0.3 is 0 Å². The molecule has 0 N–H and O–H groups in total. The van der Waals surface area contributed by atoms with Gasteiger partial charge in [-0.05, 0) is 34.0 Å². The second kappa shape index (κ2) is 3.69. The van der Waals surface area contributed by atoms with Crippen LogP contribution in [0.25, 0.3) is 10.8 Å². The monoisotopic (exact) mass is 225 g/mol. The van der Waals surface area contributed by atoms with Crippen LogP contribution in [0.4, 0.5) is 0 Å². The Kier molecular flexibility index (Phi) is 2.54. The molecule has 72 valence electrons. The summed E-state index contributed by atoms with van der Waals surface area (Å²) in [6.07, 6.45) is 0. The quantitative estimate of drug-likeness (QED) is 0.701. The number of hydrogen-bond donors (Lipinski definition) is 0. The Hall–Kier alpha value is -0.900. The third kappa shape index (κ3) is 1.66. The van der Waals surface area contributed by atoms with Crippen LogP contribution in [-0.2, 0) is 11.1 Å². The third-order valence-electron chi connectivity index (χ3n) is 1.98. The summed E-state index contributed by atoms with van der Waals surface area (Å²) >= 11 is 3.53. The molecule has 2 nitrogen and oxygen atoms in total. The van der Waals surface area contributed by atoms with E-state index in [9.17, 15) is 8.76 Å². The average molecular weight is 226 g/mol. The van der Waals surface area contributed by atoms with Crippen molar-refractivity contribution in [3.05, 3.63) is 41.4 Å². The van der Waals surface area contributed by atoms with Crippen molar-refractivity contribution >= 4 is 33.5 Å². The molecule has 0 aliphatic rings. The molecule has 0 aliphatic carbocycles. The molecular formula is C10H6ClO2S-. The normalized spacial score (nSPS) is 13.0. The van der Waals surface area contributed by atoms with Gasteiger partial charge in [0.15, 0.2) is 0 Å². The number of benzene rings is 2. The van der Waals surface area contributed by atoms with Crippen molar-refractivity contribution in [1.82, 2.24) is 0 Å². The molecule has 0 aliphatic heterocycles. The van der Waals surface area contributed by atoms with Gasteiger partial charge in [0.25, 0.3) is 0 Å². The van der Waals surface area contributed by atoms with Gasteiger partial charge < -0.3 is 4.55 Å². The smallest absolute Gasteiger partial charge is 0.0562 e. The van der Waals surface area contributed by atoms with Crippen molar-refractivity contribution < 1.29 is 8.76 Å². The molecule has 0 fully saturated rings. The van der Waals surface area contributed by atoms with Crippen LogP contribution in [0, 0.1) is 0 Å². The first kappa shape index (κ1) is 9.65. The average Bonchev–Trinajstić information content (AvgIpc) is 2.16. The summed E-state index contributed by atoms with van der Waals surface area (Å²) in [6.45, 7) is 0. The molecule has 0 spiro atoms. The van der Waals surface area contributed by atoms with Crippen LogP contribution in [-0.4, -0.2) is 8.76 Å². The molecule has 4 heteroatoms. The Labute approximate surface area is 88.8 Å². The SMILES string of the molecule is O=S([O-])c1cc2ccccc2cc1Cl. The van der Waals surface area contributed by atoms with E-state index in [-0.39, 0.29) is 9.92 Å². The predicted molar refractivity (Wildman–Crippen MR) is 56.1 cm³/mol. The molecular weight excluding hydrogens is 220 g/mol. The van der Waals surface area contributed by atoms with Crippen LogP contribution in [0.5, 0.6) is 0 Å². The van der Waals surface area contributed by atoms with Gasteiger partial charge in [-0.1, -0.05) is 35.9 Å². The lowest BCUT2D eigenvalue weighted by molar-refractivity contribution is 0.537. The standard InChI is InChI=1S/C10H7ClO2S/c11-9-5-7-3-1-2-4-8(7)6-10(9)14(12)13/h1-6H,(H,12,13)/p-1. The van der Waals surface area contributed by atoms with Crippen LogP contribution in [0.3, 0.4) is 0 Å². The topological polar surface area (TPSA) is 40.1 Å². The van der Waals surface area contributed by atoms with E-state index in [0.717, 1.165) is 10.8 Å². The van der Waals surface area contributed by atoms with Gasteiger partial charge in [0.2, 0.25) is 0 Å². The second-order valence-electron chi connectivity index (χ2n) is 2.86. The zero-order valence-electron chi connectivity index (χ0n) is 7.07. The van der Waals surface area contributed by atoms with Gasteiger partial charge in [-0.25, -0.2) is 0 Å². The first-order chi connectivity index (χ1) is 6.68.